The van der Waals surface area contributed by atoms with Crippen molar-refractivity contribution >= 4 is 47.0 Å². The average molecular weight is 676 g/mol. The number of phenols is 1. The second-order valence-electron chi connectivity index (χ2n) is 12.1. The van der Waals surface area contributed by atoms with Gasteiger partial charge in [0.05, 0.1) is 24.2 Å². The molecule has 5 rings (SSSR count). The van der Waals surface area contributed by atoms with Crippen molar-refractivity contribution in [1.29, 1.82) is 0 Å². The Labute approximate surface area is 281 Å². The Hall–Kier alpha value is -5.37. The lowest BCUT2D eigenvalue weighted by molar-refractivity contribution is -0.155. The molecule has 3 atom stereocenters. The summed E-state index contributed by atoms with van der Waals surface area (Å²) in [5.74, 6) is -2.04. The van der Waals surface area contributed by atoms with Crippen LogP contribution in [0.25, 0.3) is 0 Å². The molecule has 0 aliphatic carbocycles. The van der Waals surface area contributed by atoms with Gasteiger partial charge in [-0.15, -0.1) is 11.8 Å². The Kier molecular flexibility index (Phi) is 9.75. The van der Waals surface area contributed by atoms with Crippen LogP contribution in [0.4, 0.5) is 16.2 Å². The number of methoxy groups -OCH3 is 1. The van der Waals surface area contributed by atoms with E-state index in [-0.39, 0.29) is 39.9 Å². The number of aromatic hydroxyl groups is 1. The fraction of sp³-hybridized carbons (Fsp3) is 0.294. The van der Waals surface area contributed by atoms with Crippen molar-refractivity contribution in [3.63, 3.8) is 0 Å². The van der Waals surface area contributed by atoms with Crippen LogP contribution >= 0.6 is 11.8 Å². The van der Waals surface area contributed by atoms with Crippen LogP contribution < -0.4 is 22.1 Å². The number of carbonyl (C=O) groups is 4. The highest BCUT2D eigenvalue weighted by molar-refractivity contribution is 8.00. The van der Waals surface area contributed by atoms with Gasteiger partial charge in [0.2, 0.25) is 5.91 Å². The number of carbonyl (C=O) groups excluding carboxylic acids is 4. The highest BCUT2D eigenvalue weighted by atomic mass is 32.2. The number of ether oxygens (including phenoxy) is 3. The van der Waals surface area contributed by atoms with Crippen LogP contribution in [-0.4, -0.2) is 63.8 Å². The maximum Gasteiger partial charge on any atom is 0.408 e. The van der Waals surface area contributed by atoms with Crippen LogP contribution in [0.1, 0.15) is 49.6 Å². The number of thioether (sulfide) groups is 1. The molecule has 252 valence electrons. The zero-order valence-electron chi connectivity index (χ0n) is 26.8. The van der Waals surface area contributed by atoms with Crippen LogP contribution in [0.5, 0.6) is 5.75 Å². The van der Waals surface area contributed by atoms with E-state index in [4.69, 9.17) is 25.7 Å². The van der Waals surface area contributed by atoms with Gasteiger partial charge in [0, 0.05) is 0 Å². The predicted octanol–water partition coefficient (Wildman–Crippen LogP) is 3.71. The molecule has 7 N–H and O–H groups in total. The van der Waals surface area contributed by atoms with E-state index in [1.807, 2.05) is 60.7 Å². The number of nitrogens with two attached hydrogens (primary N) is 2. The van der Waals surface area contributed by atoms with Gasteiger partial charge in [0.15, 0.2) is 17.6 Å². The summed E-state index contributed by atoms with van der Waals surface area (Å²) < 4.78 is 16.9. The third-order valence-electron chi connectivity index (χ3n) is 7.55. The van der Waals surface area contributed by atoms with Gasteiger partial charge in [0.1, 0.15) is 28.8 Å². The smallest absolute Gasteiger partial charge is 0.408 e. The highest BCUT2D eigenvalue weighted by Crippen LogP contribution is 2.42. The summed E-state index contributed by atoms with van der Waals surface area (Å²) in [5, 5.41) is 14.6. The number of fused-ring (bicyclic) bond motifs is 1. The van der Waals surface area contributed by atoms with Crippen LogP contribution in [0.15, 0.2) is 84.3 Å². The number of phenolic OH excluding ortho intramolecular Hbond substituents is 1. The number of nitrogens with one attached hydrogen (secondary N) is 2. The maximum atomic E-state index is 13.9. The molecular formula is C34H37N5O8S. The monoisotopic (exact) mass is 675 g/mol. The van der Waals surface area contributed by atoms with Gasteiger partial charge >= 0.3 is 12.1 Å². The Bertz CT molecular complexity index is 1680. The fourth-order valence-corrected chi connectivity index (χ4v) is 6.63. The van der Waals surface area contributed by atoms with E-state index in [1.54, 1.807) is 20.8 Å². The molecule has 48 heavy (non-hydrogen) atoms. The number of anilines is 2. The highest BCUT2D eigenvalue weighted by Gasteiger charge is 2.55. The minimum Gasteiger partial charge on any atom is -0.504 e. The van der Waals surface area contributed by atoms with E-state index >= 15 is 0 Å². The summed E-state index contributed by atoms with van der Waals surface area (Å²) in [4.78, 5) is 55.3. The normalized spacial score (nSPS) is 17.9. The average Bonchev–Trinajstić information content (AvgIpc) is 3.06. The SMILES string of the molecule is COC1=C(C(=O)OC(c2ccccc2)c2ccccc2)N2C(=O)[C@@H](NC(=O)[C@H](NC(=O)OC(C)(C)C)c3cc(N)c(O)c(N)c3)[C@H]2SC1. The number of nitrogens with zero attached hydrogens (tertiary/aromatic N) is 1. The number of alkyl carbamates (subject to hydrolysis) is 1. The molecule has 0 spiro atoms. The Morgan fingerprint density at radius 2 is 1.52 bits per heavy atom. The van der Waals surface area contributed by atoms with Crippen molar-refractivity contribution in [2.45, 2.75) is 49.9 Å². The number of β-lactam (4-membered cyclic amide) rings is 1. The molecule has 0 aromatic heterocycles. The molecule has 3 amide bonds. The van der Waals surface area contributed by atoms with Crippen LogP contribution in [-0.2, 0) is 28.6 Å². The van der Waals surface area contributed by atoms with Crippen molar-refractivity contribution in [3.05, 3.63) is 101 Å². The molecule has 14 heteroatoms. The van der Waals surface area contributed by atoms with E-state index in [0.717, 1.165) is 11.1 Å². The first-order valence-electron chi connectivity index (χ1n) is 15.0. The van der Waals surface area contributed by atoms with Gasteiger partial charge in [-0.1, -0.05) is 60.7 Å². The third-order valence-corrected chi connectivity index (χ3v) is 8.80. The zero-order chi connectivity index (χ0) is 34.7. The summed E-state index contributed by atoms with van der Waals surface area (Å²) in [6.07, 6.45) is -1.68. The summed E-state index contributed by atoms with van der Waals surface area (Å²) >= 11 is 1.28. The lowest BCUT2D eigenvalue weighted by Gasteiger charge is -2.49. The number of benzene rings is 3. The van der Waals surface area contributed by atoms with Crippen LogP contribution in [0, 0.1) is 0 Å². The standard InChI is InChI=1S/C34H37N5O8S/c1-34(2,3)47-33(44)38-24(20-15-21(35)27(40)22(36)16-20)29(41)37-25-30(42)39-26(23(45-4)17-48-31(25)39)32(43)46-28(18-11-7-5-8-12-18)19-13-9-6-10-14-19/h5-16,24-25,28,31,40H,17,35-36H2,1-4H3,(H,37,41)(H,38,44)/t24-,25-,31-/m1/s1. The van der Waals surface area contributed by atoms with Crippen molar-refractivity contribution in [1.82, 2.24) is 15.5 Å². The van der Waals surface area contributed by atoms with Crippen molar-refractivity contribution < 1.29 is 38.5 Å². The summed E-state index contributed by atoms with van der Waals surface area (Å²) in [5.41, 5.74) is 12.2. The zero-order valence-corrected chi connectivity index (χ0v) is 27.6. The second-order valence-corrected chi connectivity index (χ2v) is 13.2. The minimum absolute atomic E-state index is 0.0591. The van der Waals surface area contributed by atoms with Crippen molar-refractivity contribution in [3.8, 4) is 5.75 Å². The molecule has 0 unspecified atom stereocenters. The molecule has 2 aliphatic rings. The molecular weight excluding hydrogens is 638 g/mol. The van der Waals surface area contributed by atoms with Gasteiger partial charge in [-0.2, -0.15) is 0 Å². The Morgan fingerprint density at radius 1 is 0.958 bits per heavy atom. The minimum atomic E-state index is -1.41. The molecule has 2 heterocycles. The number of nitrogen functional groups attached to an aromatic ring is 2. The largest absolute Gasteiger partial charge is 0.504 e. The van der Waals surface area contributed by atoms with Crippen molar-refractivity contribution in [2.75, 3.05) is 24.3 Å². The first kappa shape index (κ1) is 34.0. The van der Waals surface area contributed by atoms with Gasteiger partial charge < -0.3 is 41.4 Å². The molecule has 1 fully saturated rings. The number of hydrogen-bond donors (Lipinski definition) is 5. The topological polar surface area (TPSA) is 196 Å². The molecule has 2 aliphatic heterocycles. The number of amides is 3. The first-order valence-corrected chi connectivity index (χ1v) is 16.0. The van der Waals surface area contributed by atoms with Gasteiger partial charge in [-0.05, 0) is 49.6 Å². The molecule has 3 aromatic rings. The Balaban J connectivity index is 1.38. The van der Waals surface area contributed by atoms with E-state index in [0.29, 0.717) is 0 Å². The van der Waals surface area contributed by atoms with Gasteiger partial charge in [-0.3, -0.25) is 14.5 Å². The quantitative estimate of drug-likeness (QED) is 0.0960. The summed E-state index contributed by atoms with van der Waals surface area (Å²) in [7, 11) is 1.40. The molecule has 3 aromatic carbocycles. The van der Waals surface area contributed by atoms with Crippen LogP contribution in [0.3, 0.4) is 0 Å². The molecule has 0 bridgehead atoms. The fourth-order valence-electron chi connectivity index (χ4n) is 5.32. The van der Waals surface area contributed by atoms with Crippen LogP contribution in [0.2, 0.25) is 0 Å². The van der Waals surface area contributed by atoms with Gasteiger partial charge in [-0.25, -0.2) is 9.59 Å². The molecule has 1 saturated heterocycles. The maximum absolute atomic E-state index is 13.9. The molecule has 13 nitrogen and oxygen atoms in total. The molecule has 0 radical (unpaired) electrons. The lowest BCUT2D eigenvalue weighted by Crippen LogP contribution is -2.71. The van der Waals surface area contributed by atoms with E-state index in [2.05, 4.69) is 10.6 Å². The predicted molar refractivity (Wildman–Crippen MR) is 179 cm³/mol. The third kappa shape index (κ3) is 7.13. The number of esters is 1. The summed E-state index contributed by atoms with van der Waals surface area (Å²) in [6, 6.07) is 18.5. The van der Waals surface area contributed by atoms with E-state index < -0.39 is 53.0 Å². The van der Waals surface area contributed by atoms with Crippen molar-refractivity contribution in [2.24, 2.45) is 0 Å². The number of hydrogen-bond acceptors (Lipinski definition) is 11. The summed E-state index contributed by atoms with van der Waals surface area (Å²) in [6.45, 7) is 4.98. The first-order chi connectivity index (χ1) is 22.8. The molecule has 0 saturated carbocycles. The van der Waals surface area contributed by atoms with E-state index in [1.165, 1.54) is 35.9 Å². The Morgan fingerprint density at radius 3 is 2.04 bits per heavy atom. The number of rotatable bonds is 9. The van der Waals surface area contributed by atoms with E-state index in [9.17, 15) is 24.3 Å². The van der Waals surface area contributed by atoms with Gasteiger partial charge in [0.25, 0.3) is 5.91 Å². The second kappa shape index (κ2) is 13.8. The lowest BCUT2D eigenvalue weighted by atomic mass is 10.00.